The summed E-state index contributed by atoms with van der Waals surface area (Å²) in [6.07, 6.45) is 5.20. The first-order chi connectivity index (χ1) is 10.6. The highest BCUT2D eigenvalue weighted by Gasteiger charge is 2.20. The van der Waals surface area contributed by atoms with E-state index in [0.29, 0.717) is 30.6 Å². The second-order valence-corrected chi connectivity index (χ2v) is 5.80. The molecule has 0 spiro atoms. The minimum atomic E-state index is -0.179. The number of hydrogen-bond donors (Lipinski definition) is 0. The number of likely N-dealkylation sites (tertiary alicyclic amines) is 1. The van der Waals surface area contributed by atoms with Crippen molar-refractivity contribution in [3.05, 3.63) is 41.5 Å². The highest BCUT2D eigenvalue weighted by Crippen LogP contribution is 2.25. The molecule has 0 aliphatic carbocycles. The van der Waals surface area contributed by atoms with Gasteiger partial charge in [-0.2, -0.15) is 0 Å². The zero-order valence-corrected chi connectivity index (χ0v) is 13.0. The van der Waals surface area contributed by atoms with Crippen LogP contribution in [-0.4, -0.2) is 33.4 Å². The third-order valence-corrected chi connectivity index (χ3v) is 4.32. The van der Waals surface area contributed by atoms with Gasteiger partial charge in [-0.15, -0.1) is 0 Å². The Kier molecular flexibility index (Phi) is 3.96. The SMILES string of the molecule is Cc1ccc(-c2nccn2CCN2CCCC2=O)c(C)c1F. The molecule has 1 aromatic carbocycles. The second kappa shape index (κ2) is 5.91. The van der Waals surface area contributed by atoms with E-state index < -0.39 is 0 Å². The summed E-state index contributed by atoms with van der Waals surface area (Å²) in [7, 11) is 0. The van der Waals surface area contributed by atoms with Gasteiger partial charge in [0.25, 0.3) is 0 Å². The molecule has 4 nitrogen and oxygen atoms in total. The van der Waals surface area contributed by atoms with Crippen molar-refractivity contribution in [2.75, 3.05) is 13.1 Å². The van der Waals surface area contributed by atoms with Crippen LogP contribution in [0.4, 0.5) is 4.39 Å². The van der Waals surface area contributed by atoms with Crippen LogP contribution in [0.15, 0.2) is 24.5 Å². The molecule has 2 aromatic rings. The third kappa shape index (κ3) is 2.63. The highest BCUT2D eigenvalue weighted by atomic mass is 19.1. The van der Waals surface area contributed by atoms with Crippen LogP contribution in [0.1, 0.15) is 24.0 Å². The summed E-state index contributed by atoms with van der Waals surface area (Å²) in [6, 6.07) is 3.69. The molecular formula is C17H20FN3O. The third-order valence-electron chi connectivity index (χ3n) is 4.32. The van der Waals surface area contributed by atoms with Crippen LogP contribution in [0.2, 0.25) is 0 Å². The van der Waals surface area contributed by atoms with Gasteiger partial charge in [0.05, 0.1) is 0 Å². The van der Waals surface area contributed by atoms with Gasteiger partial charge >= 0.3 is 0 Å². The molecule has 0 unspecified atom stereocenters. The van der Waals surface area contributed by atoms with E-state index in [0.717, 1.165) is 24.4 Å². The van der Waals surface area contributed by atoms with Crippen molar-refractivity contribution in [2.45, 2.75) is 33.2 Å². The highest BCUT2D eigenvalue weighted by molar-refractivity contribution is 5.78. The predicted octanol–water partition coefficient (Wildman–Crippen LogP) is 2.93. The lowest BCUT2D eigenvalue weighted by molar-refractivity contribution is -0.127. The van der Waals surface area contributed by atoms with Crippen molar-refractivity contribution in [1.82, 2.24) is 14.5 Å². The number of hydrogen-bond acceptors (Lipinski definition) is 2. The van der Waals surface area contributed by atoms with Crippen molar-refractivity contribution in [2.24, 2.45) is 0 Å². The summed E-state index contributed by atoms with van der Waals surface area (Å²) >= 11 is 0. The maximum atomic E-state index is 14.1. The van der Waals surface area contributed by atoms with Gasteiger partial charge in [-0.3, -0.25) is 4.79 Å². The quantitative estimate of drug-likeness (QED) is 0.871. The van der Waals surface area contributed by atoms with Crippen LogP contribution in [0, 0.1) is 19.7 Å². The largest absolute Gasteiger partial charge is 0.341 e. The van der Waals surface area contributed by atoms with Gasteiger partial charge in [0.1, 0.15) is 11.6 Å². The van der Waals surface area contributed by atoms with Crippen molar-refractivity contribution in [1.29, 1.82) is 0 Å². The zero-order valence-electron chi connectivity index (χ0n) is 13.0. The number of imidazole rings is 1. The van der Waals surface area contributed by atoms with Crippen LogP contribution in [-0.2, 0) is 11.3 Å². The lowest BCUT2D eigenvalue weighted by Crippen LogP contribution is -2.28. The van der Waals surface area contributed by atoms with E-state index in [2.05, 4.69) is 4.98 Å². The molecule has 0 bridgehead atoms. The Morgan fingerprint density at radius 1 is 1.27 bits per heavy atom. The van der Waals surface area contributed by atoms with Crippen molar-refractivity contribution < 1.29 is 9.18 Å². The van der Waals surface area contributed by atoms with Crippen LogP contribution in [0.25, 0.3) is 11.4 Å². The van der Waals surface area contributed by atoms with Gasteiger partial charge in [-0.1, -0.05) is 12.1 Å². The number of carbonyl (C=O) groups excluding carboxylic acids is 1. The van der Waals surface area contributed by atoms with Crippen LogP contribution in [0.5, 0.6) is 0 Å². The van der Waals surface area contributed by atoms with Gasteiger partial charge in [-0.25, -0.2) is 9.37 Å². The summed E-state index contributed by atoms with van der Waals surface area (Å²) in [4.78, 5) is 17.9. The van der Waals surface area contributed by atoms with E-state index in [4.69, 9.17) is 0 Å². The number of aromatic nitrogens is 2. The van der Waals surface area contributed by atoms with Crippen LogP contribution in [0.3, 0.4) is 0 Å². The van der Waals surface area contributed by atoms with Gasteiger partial charge in [0, 0.05) is 44.0 Å². The molecule has 22 heavy (non-hydrogen) atoms. The molecule has 0 atom stereocenters. The molecular weight excluding hydrogens is 281 g/mol. The first kappa shape index (κ1) is 14.8. The number of nitrogens with zero attached hydrogens (tertiary/aromatic N) is 3. The second-order valence-electron chi connectivity index (χ2n) is 5.80. The Hall–Kier alpha value is -2.17. The molecule has 0 radical (unpaired) electrons. The van der Waals surface area contributed by atoms with E-state index in [9.17, 15) is 9.18 Å². The van der Waals surface area contributed by atoms with E-state index in [1.165, 1.54) is 0 Å². The van der Waals surface area contributed by atoms with Crippen LogP contribution >= 0.6 is 0 Å². The Morgan fingerprint density at radius 2 is 2.09 bits per heavy atom. The lowest BCUT2D eigenvalue weighted by atomic mass is 10.0. The average molecular weight is 301 g/mol. The molecule has 1 amide bonds. The normalized spacial score (nSPS) is 14.9. The van der Waals surface area contributed by atoms with E-state index in [1.807, 2.05) is 21.7 Å². The predicted molar refractivity (Wildman–Crippen MR) is 82.9 cm³/mol. The maximum absolute atomic E-state index is 14.1. The minimum Gasteiger partial charge on any atom is -0.341 e. The van der Waals surface area contributed by atoms with Gasteiger partial charge < -0.3 is 9.47 Å². The van der Waals surface area contributed by atoms with Crippen molar-refractivity contribution in [3.63, 3.8) is 0 Å². The number of carbonyl (C=O) groups is 1. The smallest absolute Gasteiger partial charge is 0.222 e. The number of benzene rings is 1. The van der Waals surface area contributed by atoms with E-state index in [-0.39, 0.29) is 11.7 Å². The maximum Gasteiger partial charge on any atom is 0.222 e. The topological polar surface area (TPSA) is 38.1 Å². The van der Waals surface area contributed by atoms with Gasteiger partial charge in [0.15, 0.2) is 0 Å². The lowest BCUT2D eigenvalue weighted by Gasteiger charge is -2.17. The first-order valence-electron chi connectivity index (χ1n) is 7.63. The Bertz CT molecular complexity index is 708. The van der Waals surface area contributed by atoms with Gasteiger partial charge in [-0.05, 0) is 31.4 Å². The molecule has 1 aliphatic heterocycles. The summed E-state index contributed by atoms with van der Waals surface area (Å²) < 4.78 is 16.1. The fraction of sp³-hybridized carbons (Fsp3) is 0.412. The van der Waals surface area contributed by atoms with Crippen molar-refractivity contribution in [3.8, 4) is 11.4 Å². The number of halogens is 1. The monoisotopic (exact) mass is 301 g/mol. The first-order valence-corrected chi connectivity index (χ1v) is 7.63. The summed E-state index contributed by atoms with van der Waals surface area (Å²) in [5.41, 5.74) is 2.06. The molecule has 5 heteroatoms. The van der Waals surface area contributed by atoms with E-state index in [1.54, 1.807) is 26.1 Å². The fourth-order valence-electron chi connectivity index (χ4n) is 2.97. The average Bonchev–Trinajstić information content (AvgIpc) is 3.12. The molecule has 1 fully saturated rings. The molecule has 0 saturated carbocycles. The number of rotatable bonds is 4. The molecule has 116 valence electrons. The Morgan fingerprint density at radius 3 is 2.82 bits per heavy atom. The summed E-state index contributed by atoms with van der Waals surface area (Å²) in [5.74, 6) is 0.795. The molecule has 1 aromatic heterocycles. The number of aryl methyl sites for hydroxylation is 1. The van der Waals surface area contributed by atoms with Crippen LogP contribution < -0.4 is 0 Å². The molecule has 1 aliphatic rings. The standard InChI is InChI=1S/C17H20FN3O/c1-12-5-6-14(13(2)16(12)18)17-19-7-9-21(17)11-10-20-8-3-4-15(20)22/h5-7,9H,3-4,8,10-11H2,1-2H3. The Labute approximate surface area is 129 Å². The fourth-order valence-corrected chi connectivity index (χ4v) is 2.97. The summed E-state index contributed by atoms with van der Waals surface area (Å²) in [5, 5.41) is 0. The molecule has 0 N–H and O–H groups in total. The Balaban J connectivity index is 1.83. The van der Waals surface area contributed by atoms with Gasteiger partial charge in [0.2, 0.25) is 5.91 Å². The van der Waals surface area contributed by atoms with E-state index >= 15 is 0 Å². The molecule has 3 rings (SSSR count). The molecule has 2 heterocycles. The number of amides is 1. The molecule has 1 saturated heterocycles. The van der Waals surface area contributed by atoms with Crippen molar-refractivity contribution >= 4 is 5.91 Å². The zero-order chi connectivity index (χ0) is 15.7. The summed E-state index contributed by atoms with van der Waals surface area (Å²) in [6.45, 7) is 5.73. The minimum absolute atomic E-state index is 0.179.